The fourth-order valence-corrected chi connectivity index (χ4v) is 4.04. The van der Waals surface area contributed by atoms with Crippen LogP contribution in [0.1, 0.15) is 40.7 Å². The zero-order valence-electron chi connectivity index (χ0n) is 18.5. The first-order valence-corrected chi connectivity index (χ1v) is 10.9. The number of amides is 1. The van der Waals surface area contributed by atoms with Crippen molar-refractivity contribution in [3.8, 4) is 11.5 Å². The second-order valence-corrected chi connectivity index (χ2v) is 8.08. The second-order valence-electron chi connectivity index (χ2n) is 7.67. The largest absolute Gasteiger partial charge is 0.493 e. The van der Waals surface area contributed by atoms with Crippen molar-refractivity contribution in [3.63, 3.8) is 0 Å². The van der Waals surface area contributed by atoms with Crippen molar-refractivity contribution in [2.75, 3.05) is 27.4 Å². The van der Waals surface area contributed by atoms with Gasteiger partial charge in [-0.3, -0.25) is 4.79 Å². The lowest BCUT2D eigenvalue weighted by Gasteiger charge is -2.34. The molecule has 1 amide bonds. The van der Waals surface area contributed by atoms with Crippen molar-refractivity contribution in [1.82, 2.24) is 4.90 Å². The molecule has 0 aromatic heterocycles. The summed E-state index contributed by atoms with van der Waals surface area (Å²) in [6.45, 7) is 2.06. The minimum absolute atomic E-state index is 0.0317. The molecule has 3 rings (SSSR count). The van der Waals surface area contributed by atoms with Crippen molar-refractivity contribution in [1.29, 1.82) is 0 Å². The van der Waals surface area contributed by atoms with Crippen LogP contribution in [0.25, 0.3) is 0 Å². The molecule has 0 radical (unpaired) electrons. The van der Waals surface area contributed by atoms with Crippen LogP contribution in [0.2, 0.25) is 5.02 Å². The van der Waals surface area contributed by atoms with Crippen molar-refractivity contribution in [3.05, 3.63) is 57.9 Å². The van der Waals surface area contributed by atoms with Gasteiger partial charge in [-0.25, -0.2) is 9.18 Å². The van der Waals surface area contributed by atoms with Gasteiger partial charge >= 0.3 is 5.97 Å². The van der Waals surface area contributed by atoms with E-state index >= 15 is 0 Å². The normalized spacial score (nSPS) is 15.9. The van der Waals surface area contributed by atoms with Crippen LogP contribution in [-0.2, 0) is 16.0 Å². The summed E-state index contributed by atoms with van der Waals surface area (Å²) in [7, 11) is 3.12. The lowest BCUT2D eigenvalue weighted by Crippen LogP contribution is -2.49. The predicted octanol–water partition coefficient (Wildman–Crippen LogP) is 4.59. The maximum Gasteiger partial charge on any atom is 0.328 e. The number of benzene rings is 2. The Labute approximate surface area is 192 Å². The van der Waals surface area contributed by atoms with Gasteiger partial charge in [0, 0.05) is 13.0 Å². The number of aryl methyl sites for hydroxylation is 1. The van der Waals surface area contributed by atoms with Gasteiger partial charge in [0.1, 0.15) is 11.9 Å². The van der Waals surface area contributed by atoms with Gasteiger partial charge in [-0.05, 0) is 55.5 Å². The lowest BCUT2D eigenvalue weighted by molar-refractivity contribution is -0.150. The summed E-state index contributed by atoms with van der Waals surface area (Å²) in [6, 6.07) is 7.73. The monoisotopic (exact) mass is 463 g/mol. The molecule has 0 saturated carbocycles. The van der Waals surface area contributed by atoms with Crippen molar-refractivity contribution >= 4 is 23.5 Å². The molecular formula is C24H27ClFNO5. The van der Waals surface area contributed by atoms with Crippen LogP contribution in [-0.4, -0.2) is 50.2 Å². The number of carbonyl (C=O) groups is 2. The average Bonchev–Trinajstić information content (AvgIpc) is 2.81. The van der Waals surface area contributed by atoms with E-state index in [0.717, 1.165) is 18.4 Å². The Bertz CT molecular complexity index is 997. The Morgan fingerprint density at radius 1 is 1.12 bits per heavy atom. The fourth-order valence-electron chi connectivity index (χ4n) is 3.82. The first-order chi connectivity index (χ1) is 15.4. The average molecular weight is 464 g/mol. The second kappa shape index (κ2) is 10.7. The van der Waals surface area contributed by atoms with Gasteiger partial charge in [-0.1, -0.05) is 23.7 Å². The van der Waals surface area contributed by atoms with Gasteiger partial charge in [-0.15, -0.1) is 0 Å². The van der Waals surface area contributed by atoms with Crippen molar-refractivity contribution in [2.24, 2.45) is 0 Å². The Hall–Kier alpha value is -2.80. The lowest BCUT2D eigenvalue weighted by atomic mass is 10.00. The molecule has 1 fully saturated rings. The zero-order chi connectivity index (χ0) is 23.3. The van der Waals surface area contributed by atoms with E-state index in [-0.39, 0.29) is 17.2 Å². The highest BCUT2D eigenvalue weighted by atomic mass is 35.5. The molecule has 2 aromatic carbocycles. The minimum atomic E-state index is -0.766. The van der Waals surface area contributed by atoms with Crippen LogP contribution in [0.3, 0.4) is 0 Å². The molecule has 172 valence electrons. The highest BCUT2D eigenvalue weighted by Crippen LogP contribution is 2.29. The van der Waals surface area contributed by atoms with Crippen LogP contribution < -0.4 is 9.47 Å². The summed E-state index contributed by atoms with van der Waals surface area (Å²) < 4.78 is 30.6. The van der Waals surface area contributed by atoms with E-state index in [1.807, 2.05) is 12.1 Å². The Morgan fingerprint density at radius 2 is 1.88 bits per heavy atom. The number of hydrogen-bond acceptors (Lipinski definition) is 5. The number of rotatable bonds is 7. The first kappa shape index (κ1) is 23.9. The minimum Gasteiger partial charge on any atom is -0.493 e. The van der Waals surface area contributed by atoms with Gasteiger partial charge in [0.25, 0.3) is 5.91 Å². The van der Waals surface area contributed by atoms with E-state index in [9.17, 15) is 14.0 Å². The molecule has 0 bridgehead atoms. The van der Waals surface area contributed by atoms with E-state index in [4.69, 9.17) is 25.8 Å². The van der Waals surface area contributed by atoms with Crippen LogP contribution in [0.15, 0.2) is 30.3 Å². The van der Waals surface area contributed by atoms with Crippen LogP contribution in [0.5, 0.6) is 11.5 Å². The Balaban J connectivity index is 1.67. The third-order valence-electron chi connectivity index (χ3n) is 5.62. The molecule has 6 nitrogen and oxygen atoms in total. The molecule has 1 aliphatic heterocycles. The van der Waals surface area contributed by atoms with Crippen molar-refractivity contribution in [2.45, 2.75) is 38.6 Å². The van der Waals surface area contributed by atoms with E-state index in [0.29, 0.717) is 36.4 Å². The smallest absolute Gasteiger partial charge is 0.328 e. The zero-order valence-corrected chi connectivity index (χ0v) is 19.2. The van der Waals surface area contributed by atoms with Gasteiger partial charge in [0.05, 0.1) is 31.4 Å². The summed E-state index contributed by atoms with van der Waals surface area (Å²) in [5.74, 6) is -0.529. The quantitative estimate of drug-likeness (QED) is 0.562. The van der Waals surface area contributed by atoms with Gasteiger partial charge < -0.3 is 19.1 Å². The van der Waals surface area contributed by atoms with E-state index < -0.39 is 23.7 Å². The Kier molecular flexibility index (Phi) is 7.96. The fraction of sp³-hybridized carbons (Fsp3) is 0.417. The molecular weight excluding hydrogens is 437 g/mol. The van der Waals surface area contributed by atoms with Gasteiger partial charge in [0.15, 0.2) is 11.5 Å². The third kappa shape index (κ3) is 5.15. The molecule has 0 N–H and O–H groups in total. The molecule has 2 aromatic rings. The molecule has 32 heavy (non-hydrogen) atoms. The van der Waals surface area contributed by atoms with Crippen molar-refractivity contribution < 1.29 is 28.2 Å². The number of ether oxygens (including phenoxy) is 3. The molecule has 1 heterocycles. The number of hydrogen-bond donors (Lipinski definition) is 0. The molecule has 1 aliphatic rings. The number of esters is 1. The maximum atomic E-state index is 14.6. The van der Waals surface area contributed by atoms with Gasteiger partial charge in [-0.2, -0.15) is 0 Å². The number of halogens is 2. The first-order valence-electron chi connectivity index (χ1n) is 10.5. The predicted molar refractivity (Wildman–Crippen MR) is 119 cm³/mol. The number of piperidine rings is 1. The summed E-state index contributed by atoms with van der Waals surface area (Å²) in [5.41, 5.74) is 1.04. The molecule has 1 atom stereocenters. The highest BCUT2D eigenvalue weighted by Gasteiger charge is 2.35. The number of likely N-dealkylation sites (tertiary alicyclic amines) is 1. The molecule has 1 unspecified atom stereocenters. The van der Waals surface area contributed by atoms with E-state index in [1.54, 1.807) is 27.2 Å². The molecule has 0 spiro atoms. The van der Waals surface area contributed by atoms with Gasteiger partial charge in [0.2, 0.25) is 0 Å². The molecule has 0 aliphatic carbocycles. The van der Waals surface area contributed by atoms with Crippen LogP contribution in [0, 0.1) is 12.7 Å². The van der Waals surface area contributed by atoms with Crippen LogP contribution in [0.4, 0.5) is 4.39 Å². The number of methoxy groups -OCH3 is 2. The topological polar surface area (TPSA) is 65.1 Å². The SMILES string of the molecule is COc1ccc(CCOC(=O)C2CCCCN2C(=O)c2c(Cl)ccc(C)c2F)cc1OC. The van der Waals surface area contributed by atoms with E-state index in [2.05, 4.69) is 0 Å². The molecule has 1 saturated heterocycles. The summed E-state index contributed by atoms with van der Waals surface area (Å²) in [4.78, 5) is 27.3. The number of nitrogens with zero attached hydrogens (tertiary/aromatic N) is 1. The van der Waals surface area contributed by atoms with Crippen LogP contribution >= 0.6 is 11.6 Å². The number of carbonyl (C=O) groups excluding carboxylic acids is 2. The summed E-state index contributed by atoms with van der Waals surface area (Å²) in [6.07, 6.45) is 2.45. The highest BCUT2D eigenvalue weighted by molar-refractivity contribution is 6.34. The standard InChI is InChI=1S/C24H27ClFNO5/c1-15-7-9-17(25)21(22(15)26)23(28)27-12-5-4-6-18(27)24(29)32-13-11-16-8-10-19(30-2)20(14-16)31-3/h7-10,14,18H,4-6,11-13H2,1-3H3. The third-order valence-corrected chi connectivity index (χ3v) is 5.93. The van der Waals surface area contributed by atoms with E-state index in [1.165, 1.54) is 17.0 Å². The maximum absolute atomic E-state index is 14.6. The molecule has 8 heteroatoms. The summed E-state index contributed by atoms with van der Waals surface area (Å²) in [5, 5.41) is 0.0317. The Morgan fingerprint density at radius 3 is 2.59 bits per heavy atom. The summed E-state index contributed by atoms with van der Waals surface area (Å²) >= 11 is 6.12.